The Morgan fingerprint density at radius 1 is 1.29 bits per heavy atom. The van der Waals surface area contributed by atoms with Gasteiger partial charge in [-0.1, -0.05) is 30.3 Å². The summed E-state index contributed by atoms with van der Waals surface area (Å²) >= 11 is 0. The molecule has 1 heterocycles. The summed E-state index contributed by atoms with van der Waals surface area (Å²) in [6, 6.07) is 9.31. The van der Waals surface area contributed by atoms with Crippen molar-refractivity contribution in [3.63, 3.8) is 0 Å². The van der Waals surface area contributed by atoms with Crippen molar-refractivity contribution in [2.45, 2.75) is 31.8 Å². The van der Waals surface area contributed by atoms with Gasteiger partial charge >= 0.3 is 0 Å². The lowest BCUT2D eigenvalue weighted by Crippen LogP contribution is -2.68. The van der Waals surface area contributed by atoms with Crippen LogP contribution in [0.25, 0.3) is 0 Å². The van der Waals surface area contributed by atoms with Gasteiger partial charge in [0.2, 0.25) is 5.91 Å². The van der Waals surface area contributed by atoms with E-state index in [0.717, 1.165) is 5.56 Å². The largest absolute Gasteiger partial charge is 0.382 e. The highest BCUT2D eigenvalue weighted by Gasteiger charge is 2.48. The lowest BCUT2D eigenvalue weighted by Gasteiger charge is -2.46. The normalized spacial score (nSPS) is 23.1. The first kappa shape index (κ1) is 15.5. The number of ether oxygens (including phenoxy) is 1. The molecule has 1 saturated heterocycles. The van der Waals surface area contributed by atoms with Gasteiger partial charge < -0.3 is 15.0 Å². The minimum Gasteiger partial charge on any atom is -0.382 e. The fourth-order valence-corrected chi connectivity index (χ4v) is 2.74. The van der Waals surface area contributed by atoms with Crippen LogP contribution in [0.5, 0.6) is 0 Å². The molecule has 1 aromatic carbocycles. The molecule has 1 atom stereocenters. The van der Waals surface area contributed by atoms with Gasteiger partial charge in [0.1, 0.15) is 12.1 Å². The van der Waals surface area contributed by atoms with Gasteiger partial charge in [-0.15, -0.1) is 0 Å². The number of nitrogens with one attached hydrogen (secondary N) is 1. The van der Waals surface area contributed by atoms with Crippen molar-refractivity contribution in [3.05, 3.63) is 35.9 Å². The highest BCUT2D eigenvalue weighted by Crippen LogP contribution is 2.30. The molecule has 1 aliphatic heterocycles. The van der Waals surface area contributed by atoms with Crippen LogP contribution in [0.4, 0.5) is 0 Å². The fraction of sp³-hybridized carbons (Fsp3) is 0.500. The molecule has 1 aromatic rings. The third-order valence-electron chi connectivity index (χ3n) is 3.94. The number of hydrogen-bond donors (Lipinski definition) is 1. The average Bonchev–Trinajstić information content (AvgIpc) is 2.43. The maximum Gasteiger partial charge on any atom is 0.253 e. The monoisotopic (exact) mass is 290 g/mol. The van der Waals surface area contributed by atoms with Crippen molar-refractivity contribution in [1.29, 1.82) is 0 Å². The zero-order valence-corrected chi connectivity index (χ0v) is 13.0. The van der Waals surface area contributed by atoms with Crippen molar-refractivity contribution >= 4 is 11.8 Å². The molecule has 1 N–H and O–H groups in total. The molecule has 0 aliphatic carbocycles. The molecule has 114 valence electrons. The Kier molecular flexibility index (Phi) is 4.05. The second-order valence-electron chi connectivity index (χ2n) is 6.18. The molecule has 0 aromatic heterocycles. The van der Waals surface area contributed by atoms with Crippen molar-refractivity contribution < 1.29 is 14.3 Å². The second-order valence-corrected chi connectivity index (χ2v) is 6.18. The topological polar surface area (TPSA) is 58.6 Å². The first-order valence-corrected chi connectivity index (χ1v) is 6.99. The summed E-state index contributed by atoms with van der Waals surface area (Å²) in [5.74, 6) is -0.277. The Morgan fingerprint density at radius 3 is 2.48 bits per heavy atom. The number of nitrogens with zero attached hydrogens (tertiary/aromatic N) is 1. The molecule has 0 saturated carbocycles. The number of rotatable bonds is 4. The predicted molar refractivity (Wildman–Crippen MR) is 79.6 cm³/mol. The van der Waals surface area contributed by atoms with E-state index in [1.807, 2.05) is 44.2 Å². The van der Waals surface area contributed by atoms with E-state index in [9.17, 15) is 9.59 Å². The van der Waals surface area contributed by atoms with Crippen LogP contribution in [0.15, 0.2) is 30.3 Å². The number of carbonyl (C=O) groups is 2. The lowest BCUT2D eigenvalue weighted by molar-refractivity contribution is -0.157. The van der Waals surface area contributed by atoms with Gasteiger partial charge in [0.05, 0.1) is 12.1 Å². The Balaban J connectivity index is 2.41. The van der Waals surface area contributed by atoms with Gasteiger partial charge in [0.25, 0.3) is 5.91 Å². The third kappa shape index (κ3) is 2.78. The van der Waals surface area contributed by atoms with Gasteiger partial charge in [-0.3, -0.25) is 9.59 Å². The number of methoxy groups -OCH3 is 1. The van der Waals surface area contributed by atoms with Crippen molar-refractivity contribution in [2.24, 2.45) is 0 Å². The van der Waals surface area contributed by atoms with Crippen LogP contribution < -0.4 is 5.32 Å². The third-order valence-corrected chi connectivity index (χ3v) is 3.94. The van der Waals surface area contributed by atoms with Crippen LogP contribution in [0.1, 0.15) is 26.3 Å². The number of carbonyl (C=O) groups excluding carboxylic acids is 2. The SMILES string of the molecule is COCC(C)(C)N1CC(=O)NC(C)(c2ccccc2)C1=O. The van der Waals surface area contributed by atoms with E-state index in [1.165, 1.54) is 0 Å². The van der Waals surface area contributed by atoms with Gasteiger partial charge in [0.15, 0.2) is 0 Å². The van der Waals surface area contributed by atoms with Crippen LogP contribution in [-0.4, -0.2) is 42.5 Å². The summed E-state index contributed by atoms with van der Waals surface area (Å²) in [5.41, 5.74) is -0.803. The second kappa shape index (κ2) is 5.48. The zero-order chi connectivity index (χ0) is 15.7. The van der Waals surface area contributed by atoms with Crippen molar-refractivity contribution in [2.75, 3.05) is 20.3 Å². The highest BCUT2D eigenvalue weighted by atomic mass is 16.5. The highest BCUT2D eigenvalue weighted by molar-refractivity contribution is 5.98. The van der Waals surface area contributed by atoms with E-state index in [4.69, 9.17) is 4.74 Å². The van der Waals surface area contributed by atoms with E-state index >= 15 is 0 Å². The smallest absolute Gasteiger partial charge is 0.253 e. The van der Waals surface area contributed by atoms with Crippen LogP contribution in [-0.2, 0) is 19.9 Å². The van der Waals surface area contributed by atoms with E-state index < -0.39 is 11.1 Å². The molecular formula is C16H22N2O3. The van der Waals surface area contributed by atoms with Crippen molar-refractivity contribution in [1.82, 2.24) is 10.2 Å². The summed E-state index contributed by atoms with van der Waals surface area (Å²) < 4.78 is 5.19. The maximum atomic E-state index is 13.0. The van der Waals surface area contributed by atoms with E-state index in [-0.39, 0.29) is 18.4 Å². The number of hydrogen-bond acceptors (Lipinski definition) is 3. The molecule has 5 nitrogen and oxygen atoms in total. The maximum absolute atomic E-state index is 13.0. The van der Waals surface area contributed by atoms with E-state index in [0.29, 0.717) is 6.61 Å². The zero-order valence-electron chi connectivity index (χ0n) is 13.0. The molecule has 1 aliphatic rings. The molecule has 5 heteroatoms. The van der Waals surface area contributed by atoms with Crippen LogP contribution in [0.3, 0.4) is 0 Å². The minimum atomic E-state index is -1.04. The molecule has 0 bridgehead atoms. The molecule has 0 radical (unpaired) electrons. The Bertz CT molecular complexity index is 542. The summed E-state index contributed by atoms with van der Waals surface area (Å²) in [4.78, 5) is 26.7. The van der Waals surface area contributed by atoms with Crippen molar-refractivity contribution in [3.8, 4) is 0 Å². The van der Waals surface area contributed by atoms with Gasteiger partial charge in [-0.25, -0.2) is 0 Å². The number of amides is 2. The molecule has 1 unspecified atom stereocenters. The summed E-state index contributed by atoms with van der Waals surface area (Å²) in [6.45, 7) is 5.98. The quantitative estimate of drug-likeness (QED) is 0.909. The van der Waals surface area contributed by atoms with E-state index in [1.54, 1.807) is 18.9 Å². The Morgan fingerprint density at radius 2 is 1.90 bits per heavy atom. The first-order valence-electron chi connectivity index (χ1n) is 6.99. The summed E-state index contributed by atoms with van der Waals surface area (Å²) in [6.07, 6.45) is 0. The van der Waals surface area contributed by atoms with Gasteiger partial charge in [-0.2, -0.15) is 0 Å². The lowest BCUT2D eigenvalue weighted by atomic mass is 9.86. The summed E-state index contributed by atoms with van der Waals surface area (Å²) in [7, 11) is 1.59. The van der Waals surface area contributed by atoms with Gasteiger partial charge in [-0.05, 0) is 26.3 Å². The Hall–Kier alpha value is -1.88. The Labute approximate surface area is 125 Å². The average molecular weight is 290 g/mol. The standard InChI is InChI=1S/C16H22N2O3/c1-15(2,11-21-4)18-10-13(19)17-16(3,14(18)20)12-8-6-5-7-9-12/h5-9H,10-11H2,1-4H3,(H,17,19). The number of piperazine rings is 1. The molecule has 1 fully saturated rings. The van der Waals surface area contributed by atoms with E-state index in [2.05, 4.69) is 5.32 Å². The molecule has 21 heavy (non-hydrogen) atoms. The van der Waals surface area contributed by atoms with Crippen LogP contribution >= 0.6 is 0 Å². The molecule has 2 rings (SSSR count). The minimum absolute atomic E-state index is 0.0532. The molecule has 0 spiro atoms. The van der Waals surface area contributed by atoms with Crippen LogP contribution in [0.2, 0.25) is 0 Å². The predicted octanol–water partition coefficient (Wildman–Crippen LogP) is 1.29. The summed E-state index contributed by atoms with van der Waals surface area (Å²) in [5, 5.41) is 2.83. The number of benzene rings is 1. The van der Waals surface area contributed by atoms with Crippen LogP contribution in [0, 0.1) is 0 Å². The van der Waals surface area contributed by atoms with Gasteiger partial charge in [0, 0.05) is 7.11 Å². The molecular weight excluding hydrogens is 268 g/mol. The first-order chi connectivity index (χ1) is 9.81. The fourth-order valence-electron chi connectivity index (χ4n) is 2.74. The molecule has 2 amide bonds.